The molecule has 114 valence electrons. The van der Waals surface area contributed by atoms with Gasteiger partial charge in [-0.15, -0.1) is 0 Å². The van der Waals surface area contributed by atoms with Crippen molar-refractivity contribution in [2.45, 2.75) is 64.0 Å². The Bertz CT molecular complexity index is 484. The molecule has 4 amide bonds. The van der Waals surface area contributed by atoms with E-state index in [0.717, 1.165) is 12.8 Å². The van der Waals surface area contributed by atoms with Crippen molar-refractivity contribution in [1.29, 1.82) is 0 Å². The van der Waals surface area contributed by atoms with Crippen LogP contribution in [-0.4, -0.2) is 45.5 Å². The van der Waals surface area contributed by atoms with Crippen molar-refractivity contribution in [2.24, 2.45) is 5.92 Å². The lowest BCUT2D eigenvalue weighted by molar-refractivity contribution is -0.145. The second-order valence-electron chi connectivity index (χ2n) is 6.33. The Morgan fingerprint density at radius 3 is 1.76 bits per heavy atom. The van der Waals surface area contributed by atoms with Gasteiger partial charge < -0.3 is 0 Å². The maximum absolute atomic E-state index is 11.9. The highest BCUT2D eigenvalue weighted by Crippen LogP contribution is 2.35. The van der Waals surface area contributed by atoms with Gasteiger partial charge in [0.25, 0.3) is 0 Å². The third-order valence-electron chi connectivity index (χ3n) is 5.00. The number of likely N-dealkylation sites (tertiary alicyclic amines) is 2. The zero-order valence-corrected chi connectivity index (χ0v) is 12.2. The van der Waals surface area contributed by atoms with Crippen LogP contribution in [0.4, 0.5) is 0 Å². The number of imide groups is 2. The van der Waals surface area contributed by atoms with E-state index in [9.17, 15) is 19.2 Å². The van der Waals surface area contributed by atoms with E-state index in [0.29, 0.717) is 6.42 Å². The number of hydrogen-bond donors (Lipinski definition) is 0. The van der Waals surface area contributed by atoms with Gasteiger partial charge in [0, 0.05) is 37.8 Å². The molecule has 2 heterocycles. The summed E-state index contributed by atoms with van der Waals surface area (Å²) < 4.78 is 0. The first-order valence-electron chi connectivity index (χ1n) is 7.69. The molecule has 0 N–H and O–H groups in total. The SMILES string of the molecule is CC1CCC(N2C(=O)CCC2=O)CC1N1C(=O)CCC1=O. The van der Waals surface area contributed by atoms with E-state index in [-0.39, 0.29) is 67.3 Å². The molecule has 1 saturated carbocycles. The van der Waals surface area contributed by atoms with Crippen molar-refractivity contribution in [2.75, 3.05) is 0 Å². The van der Waals surface area contributed by atoms with Crippen LogP contribution in [-0.2, 0) is 19.2 Å². The maximum atomic E-state index is 11.9. The van der Waals surface area contributed by atoms with Gasteiger partial charge in [-0.25, -0.2) is 0 Å². The number of rotatable bonds is 2. The molecule has 0 spiro atoms. The average Bonchev–Trinajstić information content (AvgIpc) is 2.95. The van der Waals surface area contributed by atoms with Crippen LogP contribution in [0.5, 0.6) is 0 Å². The molecule has 6 nitrogen and oxygen atoms in total. The van der Waals surface area contributed by atoms with Gasteiger partial charge in [-0.1, -0.05) is 6.92 Å². The quantitative estimate of drug-likeness (QED) is 0.707. The van der Waals surface area contributed by atoms with Crippen molar-refractivity contribution in [3.63, 3.8) is 0 Å². The summed E-state index contributed by atoms with van der Waals surface area (Å²) in [5.74, 6) is -0.233. The average molecular weight is 292 g/mol. The first kappa shape index (κ1) is 14.2. The Balaban J connectivity index is 1.79. The van der Waals surface area contributed by atoms with Crippen molar-refractivity contribution < 1.29 is 19.2 Å². The minimum absolute atomic E-state index is 0.114. The first-order valence-corrected chi connectivity index (χ1v) is 7.69. The normalized spacial score (nSPS) is 34.2. The van der Waals surface area contributed by atoms with Crippen molar-refractivity contribution in [3.05, 3.63) is 0 Å². The minimum atomic E-state index is -0.174. The van der Waals surface area contributed by atoms with Crippen LogP contribution in [0.15, 0.2) is 0 Å². The first-order chi connectivity index (χ1) is 9.99. The van der Waals surface area contributed by atoms with Crippen molar-refractivity contribution in [1.82, 2.24) is 9.80 Å². The summed E-state index contributed by atoms with van der Waals surface area (Å²) >= 11 is 0. The summed E-state index contributed by atoms with van der Waals surface area (Å²) in [7, 11) is 0. The topological polar surface area (TPSA) is 74.8 Å². The van der Waals surface area contributed by atoms with E-state index in [1.165, 1.54) is 9.80 Å². The zero-order chi connectivity index (χ0) is 15.1. The summed E-state index contributed by atoms with van der Waals surface area (Å²) in [6.45, 7) is 2.04. The van der Waals surface area contributed by atoms with Gasteiger partial charge in [-0.3, -0.25) is 29.0 Å². The fraction of sp³-hybridized carbons (Fsp3) is 0.733. The highest BCUT2D eigenvalue weighted by atomic mass is 16.2. The predicted molar refractivity (Wildman–Crippen MR) is 72.8 cm³/mol. The van der Waals surface area contributed by atoms with Gasteiger partial charge in [-0.2, -0.15) is 0 Å². The summed E-state index contributed by atoms with van der Waals surface area (Å²) in [5.41, 5.74) is 0. The third kappa shape index (κ3) is 2.36. The Morgan fingerprint density at radius 1 is 0.762 bits per heavy atom. The lowest BCUT2D eigenvalue weighted by Gasteiger charge is -2.41. The predicted octanol–water partition coefficient (Wildman–Crippen LogP) is 0.842. The van der Waals surface area contributed by atoms with E-state index < -0.39 is 0 Å². The molecule has 21 heavy (non-hydrogen) atoms. The van der Waals surface area contributed by atoms with E-state index in [1.54, 1.807) is 0 Å². The standard InChI is InChI=1S/C15H20N2O4/c1-9-2-3-10(16-12(18)4-5-13(16)19)8-11(9)17-14(20)6-7-15(17)21/h9-11H,2-8H2,1H3. The molecule has 3 atom stereocenters. The van der Waals surface area contributed by atoms with Crippen molar-refractivity contribution in [3.8, 4) is 0 Å². The molecule has 0 aromatic carbocycles. The molecule has 3 aliphatic rings. The zero-order valence-electron chi connectivity index (χ0n) is 12.2. The Hall–Kier alpha value is -1.72. The monoisotopic (exact) mass is 292 g/mol. The summed E-state index contributed by atoms with van der Waals surface area (Å²) in [6, 6.07) is -0.331. The summed E-state index contributed by atoms with van der Waals surface area (Å²) in [6.07, 6.45) is 3.28. The Morgan fingerprint density at radius 2 is 1.24 bits per heavy atom. The lowest BCUT2D eigenvalue weighted by atomic mass is 9.81. The van der Waals surface area contributed by atoms with Gasteiger partial charge in [0.15, 0.2) is 0 Å². The number of carbonyl (C=O) groups is 4. The van der Waals surface area contributed by atoms with Gasteiger partial charge in [0.05, 0.1) is 0 Å². The molecule has 6 heteroatoms. The molecule has 1 aliphatic carbocycles. The molecular weight excluding hydrogens is 272 g/mol. The van der Waals surface area contributed by atoms with Gasteiger partial charge in [0.1, 0.15) is 0 Å². The smallest absolute Gasteiger partial charge is 0.229 e. The van der Waals surface area contributed by atoms with Gasteiger partial charge >= 0.3 is 0 Å². The van der Waals surface area contributed by atoms with Crippen LogP contribution >= 0.6 is 0 Å². The van der Waals surface area contributed by atoms with E-state index in [2.05, 4.69) is 0 Å². The van der Waals surface area contributed by atoms with Crippen LogP contribution in [0, 0.1) is 5.92 Å². The van der Waals surface area contributed by atoms with E-state index in [1.807, 2.05) is 6.92 Å². The molecular formula is C15H20N2O4. The van der Waals surface area contributed by atoms with E-state index >= 15 is 0 Å². The molecule has 0 radical (unpaired) electrons. The minimum Gasteiger partial charge on any atom is -0.279 e. The van der Waals surface area contributed by atoms with Crippen LogP contribution < -0.4 is 0 Å². The van der Waals surface area contributed by atoms with Crippen molar-refractivity contribution >= 4 is 23.6 Å². The number of nitrogens with zero attached hydrogens (tertiary/aromatic N) is 2. The molecule has 2 aliphatic heterocycles. The second kappa shape index (κ2) is 5.24. The lowest BCUT2D eigenvalue weighted by Crippen LogP contribution is -2.52. The Kier molecular flexibility index (Phi) is 3.55. The number of amides is 4. The molecule has 0 bridgehead atoms. The van der Waals surface area contributed by atoms with Gasteiger partial charge in [-0.05, 0) is 25.2 Å². The highest BCUT2D eigenvalue weighted by Gasteiger charge is 2.44. The number of hydrogen-bond acceptors (Lipinski definition) is 4. The molecule has 0 aromatic heterocycles. The van der Waals surface area contributed by atoms with Crippen LogP contribution in [0.1, 0.15) is 51.9 Å². The molecule has 2 saturated heterocycles. The van der Waals surface area contributed by atoms with Crippen LogP contribution in [0.2, 0.25) is 0 Å². The molecule has 3 rings (SSSR count). The fourth-order valence-corrected chi connectivity index (χ4v) is 3.84. The third-order valence-corrected chi connectivity index (χ3v) is 5.00. The molecule has 0 aromatic rings. The highest BCUT2D eigenvalue weighted by molar-refractivity contribution is 6.03. The fourth-order valence-electron chi connectivity index (χ4n) is 3.84. The van der Waals surface area contributed by atoms with Crippen LogP contribution in [0.25, 0.3) is 0 Å². The number of carbonyl (C=O) groups excluding carboxylic acids is 4. The summed E-state index contributed by atoms with van der Waals surface area (Å²) in [4.78, 5) is 50.4. The van der Waals surface area contributed by atoms with Gasteiger partial charge in [0.2, 0.25) is 23.6 Å². The largest absolute Gasteiger partial charge is 0.279 e. The second-order valence-corrected chi connectivity index (χ2v) is 6.33. The Labute approximate surface area is 123 Å². The van der Waals surface area contributed by atoms with Crippen LogP contribution in [0.3, 0.4) is 0 Å². The van der Waals surface area contributed by atoms with E-state index in [4.69, 9.17) is 0 Å². The molecule has 3 unspecified atom stereocenters. The summed E-state index contributed by atoms with van der Waals surface area (Å²) in [5, 5.41) is 0. The maximum Gasteiger partial charge on any atom is 0.229 e. The molecule has 3 fully saturated rings.